The van der Waals surface area contributed by atoms with Gasteiger partial charge in [0.1, 0.15) is 12.1 Å². The summed E-state index contributed by atoms with van der Waals surface area (Å²) in [6.45, 7) is 2.70. The van der Waals surface area contributed by atoms with E-state index in [1.54, 1.807) is 25.3 Å². The number of piperidine rings is 1. The number of nitrogens with zero attached hydrogens (tertiary/aromatic N) is 4. The van der Waals surface area contributed by atoms with Crippen LogP contribution in [0.25, 0.3) is 5.69 Å². The van der Waals surface area contributed by atoms with Gasteiger partial charge in [0.25, 0.3) is 0 Å². The zero-order valence-corrected chi connectivity index (χ0v) is 13.5. The first-order chi connectivity index (χ1) is 11.7. The summed E-state index contributed by atoms with van der Waals surface area (Å²) in [5.74, 6) is 1.13. The monoisotopic (exact) mass is 331 g/mol. The van der Waals surface area contributed by atoms with Crippen molar-refractivity contribution in [1.29, 1.82) is 0 Å². The molecule has 3 N–H and O–H groups in total. The SMILES string of the molecule is COc1cc(NC(=O)NCC2CCNCC2)cc(-n2cnnn2)c1. The summed E-state index contributed by atoms with van der Waals surface area (Å²) in [5.41, 5.74) is 1.32. The zero-order chi connectivity index (χ0) is 16.8. The molecule has 3 rings (SSSR count). The lowest BCUT2D eigenvalue weighted by Gasteiger charge is -2.22. The summed E-state index contributed by atoms with van der Waals surface area (Å²) >= 11 is 0. The van der Waals surface area contributed by atoms with Crippen molar-refractivity contribution in [2.24, 2.45) is 5.92 Å². The maximum absolute atomic E-state index is 12.1. The molecule has 0 bridgehead atoms. The third-order valence-corrected chi connectivity index (χ3v) is 4.01. The lowest BCUT2D eigenvalue weighted by molar-refractivity contribution is 0.248. The van der Waals surface area contributed by atoms with Gasteiger partial charge in [-0.1, -0.05) is 0 Å². The number of nitrogens with one attached hydrogen (secondary N) is 3. The van der Waals surface area contributed by atoms with E-state index < -0.39 is 0 Å². The Morgan fingerprint density at radius 3 is 2.92 bits per heavy atom. The Hall–Kier alpha value is -2.68. The van der Waals surface area contributed by atoms with Crippen molar-refractivity contribution >= 4 is 11.7 Å². The van der Waals surface area contributed by atoms with Gasteiger partial charge in [-0.15, -0.1) is 5.10 Å². The molecule has 0 aliphatic carbocycles. The lowest BCUT2D eigenvalue weighted by atomic mass is 9.98. The summed E-state index contributed by atoms with van der Waals surface area (Å²) < 4.78 is 6.77. The van der Waals surface area contributed by atoms with Crippen molar-refractivity contribution in [3.8, 4) is 11.4 Å². The van der Waals surface area contributed by atoms with E-state index >= 15 is 0 Å². The number of aromatic nitrogens is 4. The predicted molar refractivity (Wildman–Crippen MR) is 88.3 cm³/mol. The van der Waals surface area contributed by atoms with Crippen molar-refractivity contribution in [2.75, 3.05) is 32.1 Å². The van der Waals surface area contributed by atoms with E-state index in [9.17, 15) is 4.79 Å². The van der Waals surface area contributed by atoms with Gasteiger partial charge in [0.05, 0.1) is 12.8 Å². The van der Waals surface area contributed by atoms with Gasteiger partial charge in [-0.2, -0.15) is 0 Å². The second-order valence-corrected chi connectivity index (χ2v) is 5.70. The molecule has 0 atom stereocenters. The number of hydrogen-bond donors (Lipinski definition) is 3. The minimum Gasteiger partial charge on any atom is -0.497 e. The molecule has 128 valence electrons. The molecule has 2 aromatic rings. The number of ether oxygens (including phenoxy) is 1. The Balaban J connectivity index is 1.63. The largest absolute Gasteiger partial charge is 0.497 e. The highest BCUT2D eigenvalue weighted by Gasteiger charge is 2.14. The number of methoxy groups -OCH3 is 1. The molecule has 2 amide bonds. The highest BCUT2D eigenvalue weighted by Crippen LogP contribution is 2.22. The fraction of sp³-hybridized carbons (Fsp3) is 0.467. The van der Waals surface area contributed by atoms with Crippen LogP contribution in [0.5, 0.6) is 5.75 Å². The Labute approximate surface area is 139 Å². The number of urea groups is 1. The molecule has 9 nitrogen and oxygen atoms in total. The number of carbonyl (C=O) groups is 1. The van der Waals surface area contributed by atoms with Crippen LogP contribution < -0.4 is 20.7 Å². The maximum Gasteiger partial charge on any atom is 0.319 e. The average molecular weight is 331 g/mol. The Morgan fingerprint density at radius 1 is 1.38 bits per heavy atom. The van der Waals surface area contributed by atoms with Crippen LogP contribution in [0.1, 0.15) is 12.8 Å². The van der Waals surface area contributed by atoms with E-state index in [4.69, 9.17) is 4.74 Å². The number of benzene rings is 1. The molecule has 1 fully saturated rings. The van der Waals surface area contributed by atoms with Gasteiger partial charge in [0, 0.05) is 24.4 Å². The molecule has 0 unspecified atom stereocenters. The molecule has 1 saturated heterocycles. The topological polar surface area (TPSA) is 106 Å². The van der Waals surface area contributed by atoms with Crippen LogP contribution in [0.3, 0.4) is 0 Å². The predicted octanol–water partition coefficient (Wildman–Crippen LogP) is 0.792. The Kier molecular flexibility index (Phi) is 5.22. The van der Waals surface area contributed by atoms with Gasteiger partial charge in [0.15, 0.2) is 0 Å². The summed E-state index contributed by atoms with van der Waals surface area (Å²) in [4.78, 5) is 12.1. The molecule has 9 heteroatoms. The molecule has 1 aliphatic rings. The van der Waals surface area contributed by atoms with E-state index in [2.05, 4.69) is 31.5 Å². The number of hydrogen-bond acceptors (Lipinski definition) is 6. The fourth-order valence-electron chi connectivity index (χ4n) is 2.68. The smallest absolute Gasteiger partial charge is 0.319 e. The molecule has 1 aliphatic heterocycles. The van der Waals surface area contributed by atoms with E-state index in [-0.39, 0.29) is 6.03 Å². The molecule has 0 radical (unpaired) electrons. The zero-order valence-electron chi connectivity index (χ0n) is 13.5. The molecule has 1 aromatic carbocycles. The molecule has 2 heterocycles. The Morgan fingerprint density at radius 2 is 2.21 bits per heavy atom. The number of amides is 2. The third-order valence-electron chi connectivity index (χ3n) is 4.01. The van der Waals surface area contributed by atoms with Gasteiger partial charge in [0.2, 0.25) is 0 Å². The van der Waals surface area contributed by atoms with Gasteiger partial charge in [-0.3, -0.25) is 0 Å². The summed E-state index contributed by atoms with van der Waals surface area (Å²) in [7, 11) is 1.57. The first kappa shape index (κ1) is 16.2. The summed E-state index contributed by atoms with van der Waals surface area (Å²) in [6.07, 6.45) is 3.65. The normalized spacial score (nSPS) is 15.0. The van der Waals surface area contributed by atoms with Crippen molar-refractivity contribution in [2.45, 2.75) is 12.8 Å². The number of rotatable bonds is 5. The van der Waals surface area contributed by atoms with E-state index in [1.807, 2.05) is 0 Å². The summed E-state index contributed by atoms with van der Waals surface area (Å²) in [5, 5.41) is 20.1. The van der Waals surface area contributed by atoms with Crippen molar-refractivity contribution in [3.05, 3.63) is 24.5 Å². The minimum absolute atomic E-state index is 0.232. The molecule has 0 saturated carbocycles. The highest BCUT2D eigenvalue weighted by molar-refractivity contribution is 5.89. The van der Waals surface area contributed by atoms with Gasteiger partial charge < -0.3 is 20.7 Å². The number of carbonyl (C=O) groups excluding carboxylic acids is 1. The van der Waals surface area contributed by atoms with Crippen LogP contribution in [0.4, 0.5) is 10.5 Å². The second-order valence-electron chi connectivity index (χ2n) is 5.70. The molecular weight excluding hydrogens is 310 g/mol. The maximum atomic E-state index is 12.1. The molecule has 1 aromatic heterocycles. The second kappa shape index (κ2) is 7.73. The van der Waals surface area contributed by atoms with Crippen molar-refractivity contribution < 1.29 is 9.53 Å². The summed E-state index contributed by atoms with van der Waals surface area (Å²) in [6, 6.07) is 5.08. The van der Waals surface area contributed by atoms with Crippen molar-refractivity contribution in [1.82, 2.24) is 30.8 Å². The third kappa shape index (κ3) is 4.19. The standard InChI is InChI=1S/C15H21N7O2/c1-24-14-7-12(6-13(8-14)22-10-18-20-21-22)19-15(23)17-9-11-2-4-16-5-3-11/h6-8,10-11,16H,2-5,9H2,1H3,(H2,17,19,23). The highest BCUT2D eigenvalue weighted by atomic mass is 16.5. The first-order valence-corrected chi connectivity index (χ1v) is 7.92. The van der Waals surface area contributed by atoms with Crippen LogP contribution in [0, 0.1) is 5.92 Å². The molecule has 0 spiro atoms. The molecular formula is C15H21N7O2. The average Bonchev–Trinajstić information content (AvgIpc) is 3.15. The fourth-order valence-corrected chi connectivity index (χ4v) is 2.68. The van der Waals surface area contributed by atoms with Crippen LogP contribution in [-0.4, -0.2) is 53.0 Å². The van der Waals surface area contributed by atoms with Gasteiger partial charge >= 0.3 is 6.03 Å². The number of anilines is 1. The van der Waals surface area contributed by atoms with E-state index in [0.29, 0.717) is 29.6 Å². The van der Waals surface area contributed by atoms with Crippen LogP contribution in [-0.2, 0) is 0 Å². The van der Waals surface area contributed by atoms with Crippen molar-refractivity contribution in [3.63, 3.8) is 0 Å². The molecule has 24 heavy (non-hydrogen) atoms. The van der Waals surface area contributed by atoms with Crippen LogP contribution >= 0.6 is 0 Å². The number of tetrazole rings is 1. The first-order valence-electron chi connectivity index (χ1n) is 7.92. The lowest BCUT2D eigenvalue weighted by Crippen LogP contribution is -2.37. The van der Waals surface area contributed by atoms with E-state index in [0.717, 1.165) is 25.9 Å². The van der Waals surface area contributed by atoms with Gasteiger partial charge in [-0.25, -0.2) is 9.48 Å². The Bertz CT molecular complexity index is 668. The van der Waals surface area contributed by atoms with Crippen LogP contribution in [0.2, 0.25) is 0 Å². The minimum atomic E-state index is -0.232. The van der Waals surface area contributed by atoms with Gasteiger partial charge in [-0.05, 0) is 48.3 Å². The van der Waals surface area contributed by atoms with Crippen LogP contribution in [0.15, 0.2) is 24.5 Å². The van der Waals surface area contributed by atoms with E-state index in [1.165, 1.54) is 11.0 Å². The quantitative estimate of drug-likeness (QED) is 0.748.